The lowest BCUT2D eigenvalue weighted by molar-refractivity contribution is 0.621. The van der Waals surface area contributed by atoms with E-state index in [-0.39, 0.29) is 11.4 Å². The van der Waals surface area contributed by atoms with Crippen molar-refractivity contribution < 1.29 is 4.39 Å². The Hall–Kier alpha value is -0.760. The third kappa shape index (κ3) is 3.06. The van der Waals surface area contributed by atoms with Gasteiger partial charge in [-0.05, 0) is 69.6 Å². The van der Waals surface area contributed by atoms with Crippen LogP contribution in [0.15, 0.2) is 27.5 Å². The number of benzene rings is 1. The van der Waals surface area contributed by atoms with Crippen LogP contribution in [0, 0.1) is 9.39 Å². The van der Waals surface area contributed by atoms with Crippen LogP contribution in [-0.2, 0) is 0 Å². The van der Waals surface area contributed by atoms with E-state index in [2.05, 4.69) is 48.5 Å². The van der Waals surface area contributed by atoms with Crippen LogP contribution in [0.2, 0.25) is 0 Å². The number of hydrogen-bond acceptors (Lipinski definition) is 2. The zero-order valence-electron chi connectivity index (χ0n) is 11.1. The van der Waals surface area contributed by atoms with E-state index in [1.807, 2.05) is 0 Å². The Balaban J connectivity index is 2.10. The Morgan fingerprint density at radius 1 is 1.33 bits per heavy atom. The number of nitrogens with zero attached hydrogens (tertiary/aromatic N) is 1. The molecule has 1 N–H and O–H groups in total. The number of aromatic nitrogens is 2. The van der Waals surface area contributed by atoms with Gasteiger partial charge in [0.1, 0.15) is 11.6 Å². The molecule has 1 aliphatic rings. The van der Waals surface area contributed by atoms with Gasteiger partial charge in [0.2, 0.25) is 0 Å². The summed E-state index contributed by atoms with van der Waals surface area (Å²) in [6.45, 7) is 0. The Morgan fingerprint density at radius 2 is 2.05 bits per heavy atom. The van der Waals surface area contributed by atoms with E-state index in [4.69, 9.17) is 0 Å². The zero-order valence-corrected chi connectivity index (χ0v) is 14.9. The molecule has 3 nitrogen and oxygen atoms in total. The first-order chi connectivity index (χ1) is 10.1. The molecule has 1 heterocycles. The van der Waals surface area contributed by atoms with Crippen molar-refractivity contribution in [3.8, 4) is 11.4 Å². The average molecular weight is 463 g/mol. The van der Waals surface area contributed by atoms with Crippen LogP contribution in [0.4, 0.5) is 4.39 Å². The smallest absolute Gasteiger partial charge is 0.264 e. The lowest BCUT2D eigenvalue weighted by Gasteiger charge is -2.12. The summed E-state index contributed by atoms with van der Waals surface area (Å²) < 4.78 is 14.7. The van der Waals surface area contributed by atoms with Gasteiger partial charge in [0.15, 0.2) is 0 Å². The predicted molar refractivity (Wildman–Crippen MR) is 91.9 cm³/mol. The van der Waals surface area contributed by atoms with Gasteiger partial charge in [0.05, 0.1) is 13.7 Å². The lowest BCUT2D eigenvalue weighted by Crippen LogP contribution is -2.18. The van der Waals surface area contributed by atoms with Crippen LogP contribution in [-0.4, -0.2) is 9.97 Å². The lowest BCUT2D eigenvalue weighted by atomic mass is 10.0. The van der Waals surface area contributed by atoms with Crippen molar-refractivity contribution in [2.45, 2.75) is 31.6 Å². The summed E-state index contributed by atoms with van der Waals surface area (Å²) in [6, 6.07) is 4.75. The van der Waals surface area contributed by atoms with Crippen LogP contribution >= 0.6 is 38.5 Å². The molecule has 0 atom stereocenters. The molecule has 0 bridgehead atoms. The second kappa shape index (κ2) is 6.16. The average Bonchev–Trinajstić information content (AvgIpc) is 2.98. The zero-order chi connectivity index (χ0) is 15.0. The molecule has 2 aromatic rings. The normalized spacial score (nSPS) is 15.6. The second-order valence-corrected chi connectivity index (χ2v) is 7.16. The van der Waals surface area contributed by atoms with Gasteiger partial charge >= 0.3 is 0 Å². The molecule has 6 heteroatoms. The summed E-state index contributed by atoms with van der Waals surface area (Å²) in [5.41, 5.74) is 1.30. The quantitative estimate of drug-likeness (QED) is 0.663. The second-order valence-electron chi connectivity index (χ2n) is 5.22. The minimum Gasteiger partial charge on any atom is -0.306 e. The van der Waals surface area contributed by atoms with Crippen LogP contribution < -0.4 is 5.56 Å². The molecule has 0 aliphatic heterocycles. The summed E-state index contributed by atoms with van der Waals surface area (Å²) >= 11 is 5.18. The summed E-state index contributed by atoms with van der Waals surface area (Å²) in [5.74, 6) is 0.420. The highest BCUT2D eigenvalue weighted by Gasteiger charge is 2.23. The molecule has 1 fully saturated rings. The number of hydrogen-bond donors (Lipinski definition) is 1. The highest BCUT2D eigenvalue weighted by Crippen LogP contribution is 2.35. The molecule has 110 valence electrons. The third-order valence-electron chi connectivity index (χ3n) is 3.82. The topological polar surface area (TPSA) is 45.8 Å². The molecule has 3 rings (SSSR count). The highest BCUT2D eigenvalue weighted by atomic mass is 127. The minimum atomic E-state index is -0.365. The van der Waals surface area contributed by atoms with Crippen molar-refractivity contribution in [2.75, 3.05) is 0 Å². The number of H-pyrrole nitrogens is 1. The fourth-order valence-corrected chi connectivity index (χ4v) is 3.67. The van der Waals surface area contributed by atoms with Crippen LogP contribution in [0.3, 0.4) is 0 Å². The van der Waals surface area contributed by atoms with E-state index >= 15 is 0 Å². The molecule has 0 unspecified atom stereocenters. The third-order valence-corrected chi connectivity index (χ3v) is 5.51. The van der Waals surface area contributed by atoms with E-state index in [0.717, 1.165) is 18.5 Å². The summed E-state index contributed by atoms with van der Waals surface area (Å²) in [7, 11) is 0. The van der Waals surface area contributed by atoms with Crippen molar-refractivity contribution in [3.05, 3.63) is 48.1 Å². The molecule has 1 aromatic heterocycles. The van der Waals surface area contributed by atoms with E-state index in [1.165, 1.54) is 18.9 Å². The first-order valence-electron chi connectivity index (χ1n) is 6.81. The van der Waals surface area contributed by atoms with Gasteiger partial charge in [0, 0.05) is 11.5 Å². The first kappa shape index (κ1) is 15.1. The van der Waals surface area contributed by atoms with Crippen LogP contribution in [0.25, 0.3) is 11.4 Å². The SMILES string of the molecule is O=c1[nH]c(-c2ccc(Br)c(F)c2)nc(C2CCCC2)c1I. The van der Waals surface area contributed by atoms with E-state index < -0.39 is 0 Å². The standard InChI is InChI=1S/C15H13BrFIN2O/c16-10-6-5-9(7-11(10)17)14-19-13(8-3-1-2-4-8)12(18)15(21)20-14/h5-8H,1-4H2,(H,19,20,21). The number of aromatic amines is 1. The van der Waals surface area contributed by atoms with Crippen molar-refractivity contribution in [1.29, 1.82) is 0 Å². The maximum absolute atomic E-state index is 13.7. The largest absolute Gasteiger partial charge is 0.306 e. The maximum atomic E-state index is 13.7. The maximum Gasteiger partial charge on any atom is 0.264 e. The van der Waals surface area contributed by atoms with Gasteiger partial charge in [-0.2, -0.15) is 0 Å². The van der Waals surface area contributed by atoms with Crippen molar-refractivity contribution in [2.24, 2.45) is 0 Å². The molecular formula is C15H13BrFIN2O. The Morgan fingerprint density at radius 3 is 2.71 bits per heavy atom. The van der Waals surface area contributed by atoms with E-state index in [0.29, 0.717) is 25.3 Å². The molecule has 1 aliphatic carbocycles. The van der Waals surface area contributed by atoms with Gasteiger partial charge in [0.25, 0.3) is 5.56 Å². The summed E-state index contributed by atoms with van der Waals surface area (Å²) in [5, 5.41) is 0. The Labute approximate surface area is 143 Å². The summed E-state index contributed by atoms with van der Waals surface area (Å²) in [4.78, 5) is 19.5. The molecular weight excluding hydrogens is 450 g/mol. The minimum absolute atomic E-state index is 0.147. The molecule has 0 amide bonds. The van der Waals surface area contributed by atoms with Crippen LogP contribution in [0.5, 0.6) is 0 Å². The number of nitrogens with one attached hydrogen (secondary N) is 1. The molecule has 0 saturated heterocycles. The summed E-state index contributed by atoms with van der Waals surface area (Å²) in [6.07, 6.45) is 4.50. The van der Waals surface area contributed by atoms with Crippen LogP contribution in [0.1, 0.15) is 37.3 Å². The van der Waals surface area contributed by atoms with Crippen molar-refractivity contribution in [1.82, 2.24) is 9.97 Å². The van der Waals surface area contributed by atoms with Gasteiger partial charge in [-0.15, -0.1) is 0 Å². The first-order valence-corrected chi connectivity index (χ1v) is 8.68. The van der Waals surface area contributed by atoms with Gasteiger partial charge < -0.3 is 4.98 Å². The van der Waals surface area contributed by atoms with Gasteiger partial charge in [-0.25, -0.2) is 9.37 Å². The molecule has 0 spiro atoms. The molecule has 21 heavy (non-hydrogen) atoms. The highest BCUT2D eigenvalue weighted by molar-refractivity contribution is 14.1. The predicted octanol–water partition coefficient (Wildman–Crippen LogP) is 4.60. The molecule has 0 radical (unpaired) electrons. The van der Waals surface area contributed by atoms with Gasteiger partial charge in [-0.3, -0.25) is 4.79 Å². The molecule has 1 saturated carbocycles. The van der Waals surface area contributed by atoms with Gasteiger partial charge in [-0.1, -0.05) is 12.8 Å². The monoisotopic (exact) mass is 462 g/mol. The van der Waals surface area contributed by atoms with E-state index in [9.17, 15) is 9.18 Å². The van der Waals surface area contributed by atoms with Crippen molar-refractivity contribution in [3.63, 3.8) is 0 Å². The Kier molecular flexibility index (Phi) is 4.44. The number of rotatable bonds is 2. The molecule has 1 aromatic carbocycles. The van der Waals surface area contributed by atoms with Crippen molar-refractivity contribution >= 4 is 38.5 Å². The fourth-order valence-electron chi connectivity index (χ4n) is 2.73. The van der Waals surface area contributed by atoms with E-state index in [1.54, 1.807) is 12.1 Å². The number of halogens is 3. The fraction of sp³-hybridized carbons (Fsp3) is 0.333. The Bertz CT molecular complexity index is 741.